The number of benzene rings is 2. The molecule has 0 saturated carbocycles. The molecule has 1 aliphatic rings. The molecule has 6 nitrogen and oxygen atoms in total. The van der Waals surface area contributed by atoms with E-state index >= 15 is 0 Å². The topological polar surface area (TPSA) is 61.4 Å². The Bertz CT molecular complexity index is 941. The first-order chi connectivity index (χ1) is 13.7. The van der Waals surface area contributed by atoms with E-state index in [0.29, 0.717) is 5.69 Å². The van der Waals surface area contributed by atoms with Gasteiger partial charge in [-0.05, 0) is 42.5 Å². The molecule has 28 heavy (non-hydrogen) atoms. The van der Waals surface area contributed by atoms with Crippen molar-refractivity contribution in [3.05, 3.63) is 77.4 Å². The first kappa shape index (κ1) is 18.3. The predicted octanol–water partition coefficient (Wildman–Crippen LogP) is 3.71. The van der Waals surface area contributed by atoms with Crippen LogP contribution in [0.5, 0.6) is 0 Å². The van der Waals surface area contributed by atoms with Gasteiger partial charge in [0.2, 0.25) is 0 Å². The lowest BCUT2D eigenvalue weighted by molar-refractivity contribution is 0.102. The molecule has 0 aliphatic carbocycles. The van der Waals surface area contributed by atoms with Crippen LogP contribution in [0.15, 0.2) is 66.7 Å². The molecule has 1 amide bonds. The number of amides is 1. The molecule has 2 aromatic carbocycles. The fourth-order valence-corrected chi connectivity index (χ4v) is 3.38. The maximum atomic E-state index is 12.3. The molecule has 7 heteroatoms. The van der Waals surface area contributed by atoms with Crippen LogP contribution >= 0.6 is 11.6 Å². The molecule has 1 N–H and O–H groups in total. The maximum Gasteiger partial charge on any atom is 0.276 e. The molecule has 0 bridgehead atoms. The summed E-state index contributed by atoms with van der Waals surface area (Å²) in [5, 5.41) is 11.9. The molecule has 0 spiro atoms. The van der Waals surface area contributed by atoms with Gasteiger partial charge in [-0.2, -0.15) is 0 Å². The third-order valence-corrected chi connectivity index (χ3v) is 4.93. The van der Waals surface area contributed by atoms with Gasteiger partial charge >= 0.3 is 0 Å². The molecule has 0 unspecified atom stereocenters. The molecule has 0 radical (unpaired) electrons. The van der Waals surface area contributed by atoms with Gasteiger partial charge in [0.05, 0.1) is 0 Å². The van der Waals surface area contributed by atoms with Crippen LogP contribution in [-0.4, -0.2) is 42.3 Å². The van der Waals surface area contributed by atoms with Crippen LogP contribution in [-0.2, 0) is 0 Å². The SMILES string of the molecule is O=C(Nc1ccccc1)c1ccc(N2CCN(c3cccc(Cl)c3)CC2)nn1. The summed E-state index contributed by atoms with van der Waals surface area (Å²) in [6.07, 6.45) is 0. The van der Waals surface area contributed by atoms with Gasteiger partial charge in [0.15, 0.2) is 11.5 Å². The number of piperazine rings is 1. The predicted molar refractivity (Wildman–Crippen MR) is 112 cm³/mol. The van der Waals surface area contributed by atoms with Gasteiger partial charge in [0, 0.05) is 42.6 Å². The first-order valence-electron chi connectivity index (χ1n) is 9.15. The Morgan fingerprint density at radius 2 is 1.61 bits per heavy atom. The Hall–Kier alpha value is -3.12. The highest BCUT2D eigenvalue weighted by atomic mass is 35.5. The average molecular weight is 394 g/mol. The smallest absolute Gasteiger partial charge is 0.276 e. The summed E-state index contributed by atoms with van der Waals surface area (Å²) in [6.45, 7) is 3.41. The molecule has 1 aliphatic heterocycles. The summed E-state index contributed by atoms with van der Waals surface area (Å²) in [5.41, 5.74) is 2.16. The Morgan fingerprint density at radius 1 is 0.857 bits per heavy atom. The van der Waals surface area contributed by atoms with Gasteiger partial charge in [0.1, 0.15) is 0 Å². The monoisotopic (exact) mass is 393 g/mol. The van der Waals surface area contributed by atoms with E-state index in [-0.39, 0.29) is 5.91 Å². The highest BCUT2D eigenvalue weighted by Gasteiger charge is 2.19. The standard InChI is InChI=1S/C21H20ClN5O/c22-16-5-4-8-18(15-16)26-11-13-27(14-12-26)20-10-9-19(24-25-20)21(28)23-17-6-2-1-3-7-17/h1-10,15H,11-14H2,(H,23,28). The van der Waals surface area contributed by atoms with Gasteiger partial charge in [-0.15, -0.1) is 10.2 Å². The second-order valence-electron chi connectivity index (χ2n) is 6.55. The molecule has 3 aromatic rings. The van der Waals surface area contributed by atoms with Crippen molar-refractivity contribution in [1.82, 2.24) is 10.2 Å². The number of aromatic nitrogens is 2. The average Bonchev–Trinajstić information content (AvgIpc) is 2.75. The van der Waals surface area contributed by atoms with Crippen LogP contribution in [0.2, 0.25) is 5.02 Å². The van der Waals surface area contributed by atoms with Crippen LogP contribution < -0.4 is 15.1 Å². The highest BCUT2D eigenvalue weighted by Crippen LogP contribution is 2.22. The van der Waals surface area contributed by atoms with Gasteiger partial charge in [-0.3, -0.25) is 4.79 Å². The van der Waals surface area contributed by atoms with Crippen LogP contribution in [0, 0.1) is 0 Å². The Kier molecular flexibility index (Phi) is 5.39. The fourth-order valence-electron chi connectivity index (χ4n) is 3.20. The van der Waals surface area contributed by atoms with Crippen molar-refractivity contribution < 1.29 is 4.79 Å². The number of hydrogen-bond acceptors (Lipinski definition) is 5. The van der Waals surface area contributed by atoms with E-state index in [2.05, 4.69) is 31.4 Å². The summed E-state index contributed by atoms with van der Waals surface area (Å²) in [6, 6.07) is 20.8. The Labute approximate surface area is 168 Å². The fraction of sp³-hybridized carbons (Fsp3) is 0.190. The van der Waals surface area contributed by atoms with Crippen molar-refractivity contribution in [2.75, 3.05) is 41.3 Å². The van der Waals surface area contributed by atoms with Crippen molar-refractivity contribution in [2.45, 2.75) is 0 Å². The summed E-state index contributed by atoms with van der Waals surface area (Å²) in [5.74, 6) is 0.512. The van der Waals surface area contributed by atoms with E-state index in [1.807, 2.05) is 54.6 Å². The van der Waals surface area contributed by atoms with Crippen molar-refractivity contribution >= 4 is 34.7 Å². The van der Waals surface area contributed by atoms with Crippen molar-refractivity contribution in [2.24, 2.45) is 0 Å². The lowest BCUT2D eigenvalue weighted by atomic mass is 10.2. The van der Waals surface area contributed by atoms with Gasteiger partial charge in [-0.1, -0.05) is 35.9 Å². The van der Waals surface area contributed by atoms with Gasteiger partial charge in [0.25, 0.3) is 5.91 Å². The van der Waals surface area contributed by atoms with E-state index in [9.17, 15) is 4.79 Å². The van der Waals surface area contributed by atoms with Crippen LogP contribution in [0.25, 0.3) is 0 Å². The van der Waals surface area contributed by atoms with E-state index in [1.54, 1.807) is 6.07 Å². The van der Waals surface area contributed by atoms with Gasteiger partial charge < -0.3 is 15.1 Å². The highest BCUT2D eigenvalue weighted by molar-refractivity contribution is 6.30. The number of halogens is 1. The molecule has 1 fully saturated rings. The minimum Gasteiger partial charge on any atom is -0.368 e. The lowest BCUT2D eigenvalue weighted by Gasteiger charge is -2.36. The summed E-state index contributed by atoms with van der Waals surface area (Å²) < 4.78 is 0. The number of anilines is 3. The molecule has 1 aromatic heterocycles. The zero-order chi connectivity index (χ0) is 19.3. The van der Waals surface area contributed by atoms with E-state index in [1.165, 1.54) is 0 Å². The second-order valence-corrected chi connectivity index (χ2v) is 6.99. The minimum atomic E-state index is -0.268. The third kappa shape index (κ3) is 4.23. The quantitative estimate of drug-likeness (QED) is 0.732. The number of carbonyl (C=O) groups is 1. The molecular weight excluding hydrogens is 374 g/mol. The lowest BCUT2D eigenvalue weighted by Crippen LogP contribution is -2.46. The number of nitrogens with zero attached hydrogens (tertiary/aromatic N) is 4. The van der Waals surface area contributed by atoms with Crippen molar-refractivity contribution in [3.8, 4) is 0 Å². The minimum absolute atomic E-state index is 0.268. The number of nitrogens with one attached hydrogen (secondary N) is 1. The summed E-state index contributed by atoms with van der Waals surface area (Å²) in [7, 11) is 0. The Balaban J connectivity index is 1.36. The third-order valence-electron chi connectivity index (χ3n) is 4.69. The first-order valence-corrected chi connectivity index (χ1v) is 9.52. The number of hydrogen-bond donors (Lipinski definition) is 1. The number of para-hydroxylation sites is 1. The molecule has 1 saturated heterocycles. The summed E-state index contributed by atoms with van der Waals surface area (Å²) in [4.78, 5) is 16.8. The molecular formula is C21H20ClN5O. The normalized spacial score (nSPS) is 14.0. The second kappa shape index (κ2) is 8.27. The van der Waals surface area contributed by atoms with Crippen molar-refractivity contribution in [3.63, 3.8) is 0 Å². The largest absolute Gasteiger partial charge is 0.368 e. The molecule has 2 heterocycles. The zero-order valence-electron chi connectivity index (χ0n) is 15.3. The van der Waals surface area contributed by atoms with Crippen molar-refractivity contribution in [1.29, 1.82) is 0 Å². The van der Waals surface area contributed by atoms with Crippen LogP contribution in [0.3, 0.4) is 0 Å². The van der Waals surface area contributed by atoms with E-state index in [4.69, 9.17) is 11.6 Å². The van der Waals surface area contributed by atoms with E-state index < -0.39 is 0 Å². The summed E-state index contributed by atoms with van der Waals surface area (Å²) >= 11 is 6.09. The molecule has 0 atom stereocenters. The van der Waals surface area contributed by atoms with Gasteiger partial charge in [-0.25, -0.2) is 0 Å². The number of rotatable bonds is 4. The molecule has 4 rings (SSSR count). The Morgan fingerprint density at radius 3 is 2.29 bits per heavy atom. The maximum absolute atomic E-state index is 12.3. The van der Waals surface area contributed by atoms with E-state index in [0.717, 1.165) is 48.4 Å². The van der Waals surface area contributed by atoms with Crippen LogP contribution in [0.4, 0.5) is 17.2 Å². The number of carbonyl (C=O) groups excluding carboxylic acids is 1. The molecule has 142 valence electrons. The van der Waals surface area contributed by atoms with Crippen LogP contribution in [0.1, 0.15) is 10.5 Å². The zero-order valence-corrected chi connectivity index (χ0v) is 16.0.